The summed E-state index contributed by atoms with van der Waals surface area (Å²) in [6.07, 6.45) is 0.826. The number of benzene rings is 3. The van der Waals surface area contributed by atoms with Crippen molar-refractivity contribution < 1.29 is 35.7 Å². The van der Waals surface area contributed by atoms with E-state index < -0.39 is 48.9 Å². The third kappa shape index (κ3) is 6.92. The monoisotopic (exact) mass is 552 g/mol. The summed E-state index contributed by atoms with van der Waals surface area (Å²) >= 11 is 0. The molecule has 0 unspecified atom stereocenters. The summed E-state index contributed by atoms with van der Waals surface area (Å²) in [5.74, 6) is -1.34. The van der Waals surface area contributed by atoms with E-state index in [4.69, 9.17) is 4.74 Å². The number of nitro groups is 1. The number of rotatable bonds is 10. The van der Waals surface area contributed by atoms with Crippen molar-refractivity contribution in [1.82, 2.24) is 0 Å². The van der Waals surface area contributed by atoms with Crippen molar-refractivity contribution in [3.8, 4) is 5.75 Å². The number of hydrogen-bond acceptors (Lipinski definition) is 8. The summed E-state index contributed by atoms with van der Waals surface area (Å²) in [4.78, 5) is 23.0. The minimum absolute atomic E-state index is 0.00737. The van der Waals surface area contributed by atoms with Crippen molar-refractivity contribution in [3.05, 3.63) is 82.7 Å². The zero-order valence-electron chi connectivity index (χ0n) is 19.4. The Morgan fingerprint density at radius 1 is 1.00 bits per heavy atom. The Kier molecular flexibility index (Phi) is 7.98. The fraction of sp³-hybridized carbons (Fsp3) is 0.136. The Balaban J connectivity index is 1.78. The van der Waals surface area contributed by atoms with Gasteiger partial charge in [0.1, 0.15) is 23.8 Å². The van der Waals surface area contributed by atoms with Gasteiger partial charge < -0.3 is 10.1 Å². The van der Waals surface area contributed by atoms with Gasteiger partial charge in [-0.25, -0.2) is 21.2 Å². The number of carbonyl (C=O) groups excluding carboxylic acids is 1. The van der Waals surface area contributed by atoms with E-state index in [1.54, 1.807) is 0 Å². The molecule has 0 saturated heterocycles. The number of nitrogens with zero attached hydrogens (tertiary/aromatic N) is 2. The predicted molar refractivity (Wildman–Crippen MR) is 134 cm³/mol. The van der Waals surface area contributed by atoms with Crippen LogP contribution in [0.15, 0.2) is 71.6 Å². The van der Waals surface area contributed by atoms with Gasteiger partial charge in [0.25, 0.3) is 15.7 Å². The SMILES string of the molecule is COc1ccc([N+](=O)[O-])cc1N(CC(=O)Nc1ccc(S(=O)(=O)Nc2ccc(F)cc2)cc1)S(C)(=O)=O. The lowest BCUT2D eigenvalue weighted by Gasteiger charge is -2.23. The Labute approximate surface area is 211 Å². The highest BCUT2D eigenvalue weighted by molar-refractivity contribution is 7.92. The molecule has 3 rings (SSSR count). The second-order valence-corrected chi connectivity index (χ2v) is 11.2. The van der Waals surface area contributed by atoms with E-state index in [1.807, 2.05) is 0 Å². The maximum Gasteiger partial charge on any atom is 0.271 e. The fourth-order valence-electron chi connectivity index (χ4n) is 3.15. The zero-order valence-corrected chi connectivity index (χ0v) is 21.0. The number of ether oxygens (including phenoxy) is 1. The van der Waals surface area contributed by atoms with E-state index in [1.165, 1.54) is 49.6 Å². The number of nitro benzene ring substituents is 1. The van der Waals surface area contributed by atoms with E-state index in [2.05, 4.69) is 10.0 Å². The molecule has 0 heterocycles. The largest absolute Gasteiger partial charge is 0.495 e. The summed E-state index contributed by atoms with van der Waals surface area (Å²) in [6, 6.07) is 13.0. The van der Waals surface area contributed by atoms with Crippen LogP contribution >= 0.6 is 0 Å². The van der Waals surface area contributed by atoms with E-state index in [0.29, 0.717) is 4.31 Å². The summed E-state index contributed by atoms with van der Waals surface area (Å²) < 4.78 is 71.0. The van der Waals surface area contributed by atoms with Gasteiger partial charge in [0.05, 0.1) is 23.2 Å². The van der Waals surface area contributed by atoms with Crippen LogP contribution in [0.5, 0.6) is 5.75 Å². The number of nitrogens with one attached hydrogen (secondary N) is 2. The second kappa shape index (κ2) is 10.8. The third-order valence-electron chi connectivity index (χ3n) is 4.87. The molecule has 0 saturated carbocycles. The van der Waals surface area contributed by atoms with Crippen LogP contribution in [0.25, 0.3) is 0 Å². The zero-order chi connectivity index (χ0) is 27.4. The maximum atomic E-state index is 13.0. The first-order valence-corrected chi connectivity index (χ1v) is 13.6. The molecule has 37 heavy (non-hydrogen) atoms. The average Bonchev–Trinajstić information content (AvgIpc) is 2.83. The van der Waals surface area contributed by atoms with E-state index >= 15 is 0 Å². The Bertz CT molecular complexity index is 1530. The molecular formula is C22H21FN4O8S2. The molecule has 0 radical (unpaired) electrons. The van der Waals surface area contributed by atoms with Crippen LogP contribution in [-0.2, 0) is 24.8 Å². The van der Waals surface area contributed by atoms with Gasteiger partial charge in [-0.1, -0.05) is 0 Å². The molecule has 0 fully saturated rings. The van der Waals surface area contributed by atoms with Crippen LogP contribution in [0.4, 0.5) is 27.1 Å². The minimum atomic E-state index is -4.08. The van der Waals surface area contributed by atoms with E-state index in [0.717, 1.165) is 30.5 Å². The molecule has 0 atom stereocenters. The first kappa shape index (κ1) is 27.3. The van der Waals surface area contributed by atoms with Crippen molar-refractivity contribution in [3.63, 3.8) is 0 Å². The molecule has 196 valence electrons. The number of methoxy groups -OCH3 is 1. The second-order valence-electron chi connectivity index (χ2n) is 7.57. The topological polar surface area (TPSA) is 165 Å². The highest BCUT2D eigenvalue weighted by atomic mass is 32.2. The van der Waals surface area contributed by atoms with Gasteiger partial charge in [-0.15, -0.1) is 0 Å². The normalized spacial score (nSPS) is 11.4. The average molecular weight is 553 g/mol. The minimum Gasteiger partial charge on any atom is -0.495 e. The van der Waals surface area contributed by atoms with Crippen LogP contribution in [0.2, 0.25) is 0 Å². The number of hydrogen-bond donors (Lipinski definition) is 2. The van der Waals surface area contributed by atoms with Crippen LogP contribution in [0.3, 0.4) is 0 Å². The molecule has 0 spiro atoms. The molecule has 0 aromatic heterocycles. The lowest BCUT2D eigenvalue weighted by atomic mass is 10.2. The van der Waals surface area contributed by atoms with Gasteiger partial charge >= 0.3 is 0 Å². The fourth-order valence-corrected chi connectivity index (χ4v) is 5.06. The van der Waals surface area contributed by atoms with Gasteiger partial charge in [0.15, 0.2) is 0 Å². The lowest BCUT2D eigenvalue weighted by molar-refractivity contribution is -0.384. The molecule has 0 aliphatic rings. The highest BCUT2D eigenvalue weighted by Gasteiger charge is 2.26. The molecule has 2 N–H and O–H groups in total. The third-order valence-corrected chi connectivity index (χ3v) is 7.40. The number of amides is 1. The van der Waals surface area contributed by atoms with Crippen LogP contribution < -0.4 is 19.1 Å². The first-order chi connectivity index (χ1) is 17.3. The molecule has 3 aromatic rings. The number of non-ortho nitro benzene ring substituents is 1. The van der Waals surface area contributed by atoms with Gasteiger partial charge in [-0.05, 0) is 54.6 Å². The highest BCUT2D eigenvalue weighted by Crippen LogP contribution is 2.33. The molecule has 3 aromatic carbocycles. The number of carbonyl (C=O) groups is 1. The molecule has 0 bridgehead atoms. The van der Waals surface area contributed by atoms with Crippen molar-refractivity contribution in [2.45, 2.75) is 4.90 Å². The standard InChI is InChI=1S/C22H21FN4O8S2/c1-35-21-12-9-18(27(29)30)13-20(21)26(36(2,31)32)14-22(28)24-16-7-10-19(11-8-16)37(33,34)25-17-5-3-15(23)4-6-17/h3-13,25H,14H2,1-2H3,(H,24,28). The molecule has 0 aliphatic carbocycles. The van der Waals surface area contributed by atoms with Crippen LogP contribution in [-0.4, -0.2) is 47.6 Å². The maximum absolute atomic E-state index is 13.0. The molecular weight excluding hydrogens is 531 g/mol. The molecule has 1 amide bonds. The van der Waals surface area contributed by atoms with E-state index in [9.17, 15) is 36.1 Å². The van der Waals surface area contributed by atoms with Crippen LogP contribution in [0.1, 0.15) is 0 Å². The van der Waals surface area contributed by atoms with Gasteiger partial charge in [-0.2, -0.15) is 0 Å². The van der Waals surface area contributed by atoms with Crippen molar-refractivity contribution in [2.24, 2.45) is 0 Å². The summed E-state index contributed by atoms with van der Waals surface area (Å²) in [7, 11) is -6.84. The number of sulfonamides is 2. The summed E-state index contributed by atoms with van der Waals surface area (Å²) in [5.41, 5.74) is -0.306. The first-order valence-electron chi connectivity index (χ1n) is 10.3. The van der Waals surface area contributed by atoms with E-state index in [-0.39, 0.29) is 27.7 Å². The van der Waals surface area contributed by atoms with Crippen molar-refractivity contribution in [1.29, 1.82) is 0 Å². The summed E-state index contributed by atoms with van der Waals surface area (Å²) in [5, 5.41) is 13.6. The quantitative estimate of drug-likeness (QED) is 0.286. The van der Waals surface area contributed by atoms with Crippen molar-refractivity contribution in [2.75, 3.05) is 34.3 Å². The summed E-state index contributed by atoms with van der Waals surface area (Å²) in [6.45, 7) is -0.747. The van der Waals surface area contributed by atoms with Gasteiger partial charge in [-0.3, -0.25) is 23.9 Å². The predicted octanol–water partition coefficient (Wildman–Crippen LogP) is 2.95. The molecule has 0 aliphatic heterocycles. The molecule has 15 heteroatoms. The van der Waals surface area contributed by atoms with Crippen LogP contribution in [0, 0.1) is 15.9 Å². The van der Waals surface area contributed by atoms with Crippen molar-refractivity contribution >= 4 is 48.7 Å². The Hall–Kier alpha value is -4.24. The number of halogens is 1. The number of anilines is 3. The Morgan fingerprint density at radius 2 is 1.59 bits per heavy atom. The Morgan fingerprint density at radius 3 is 2.14 bits per heavy atom. The molecule has 12 nitrogen and oxygen atoms in total. The lowest BCUT2D eigenvalue weighted by Crippen LogP contribution is -2.37. The van der Waals surface area contributed by atoms with Gasteiger partial charge in [0.2, 0.25) is 15.9 Å². The van der Waals surface area contributed by atoms with Gasteiger partial charge in [0, 0.05) is 23.5 Å². The smallest absolute Gasteiger partial charge is 0.271 e.